The standard InChI is InChI=1S/C22H22BrNO5/c1-13-12-16(29-3)8-9-17(13)20(25)18-19(14-4-6-15(23)7-5-14)24(10-11-28-2)22(27)21(18)26/h4-9,12,19,25H,10-11H2,1-3H3/t19-/m0/s1. The molecule has 1 saturated heterocycles. The number of nitrogens with zero attached hydrogens (tertiary/aromatic N) is 1. The van der Waals surface area contributed by atoms with Gasteiger partial charge in [-0.2, -0.15) is 0 Å². The van der Waals surface area contributed by atoms with Gasteiger partial charge in [-0.1, -0.05) is 28.1 Å². The number of carbonyl (C=O) groups excluding carboxylic acids is 2. The molecule has 1 aliphatic rings. The van der Waals surface area contributed by atoms with E-state index >= 15 is 0 Å². The van der Waals surface area contributed by atoms with Gasteiger partial charge in [0.15, 0.2) is 0 Å². The predicted octanol–water partition coefficient (Wildman–Crippen LogP) is 3.83. The number of ether oxygens (including phenoxy) is 2. The second kappa shape index (κ2) is 8.80. The van der Waals surface area contributed by atoms with Gasteiger partial charge in [0.2, 0.25) is 0 Å². The summed E-state index contributed by atoms with van der Waals surface area (Å²) in [5.74, 6) is -0.912. The van der Waals surface area contributed by atoms with E-state index in [1.54, 1.807) is 25.3 Å². The van der Waals surface area contributed by atoms with E-state index in [-0.39, 0.29) is 24.5 Å². The first-order valence-electron chi connectivity index (χ1n) is 9.06. The number of aryl methyl sites for hydroxylation is 1. The van der Waals surface area contributed by atoms with Crippen LogP contribution in [-0.2, 0) is 14.3 Å². The number of benzene rings is 2. The normalized spacial score (nSPS) is 18.3. The van der Waals surface area contributed by atoms with Crippen LogP contribution in [0.2, 0.25) is 0 Å². The Morgan fingerprint density at radius 2 is 1.83 bits per heavy atom. The third-order valence-electron chi connectivity index (χ3n) is 4.95. The molecule has 0 bridgehead atoms. The molecule has 2 aromatic carbocycles. The Kier molecular flexibility index (Phi) is 6.39. The van der Waals surface area contributed by atoms with E-state index in [0.717, 1.165) is 15.6 Å². The van der Waals surface area contributed by atoms with E-state index in [1.807, 2.05) is 31.2 Å². The summed E-state index contributed by atoms with van der Waals surface area (Å²) in [5.41, 5.74) is 2.02. The number of aliphatic hydroxyl groups excluding tert-OH is 1. The molecular weight excluding hydrogens is 438 g/mol. The number of hydrogen-bond donors (Lipinski definition) is 1. The highest BCUT2D eigenvalue weighted by atomic mass is 79.9. The largest absolute Gasteiger partial charge is 0.507 e. The quantitative estimate of drug-likeness (QED) is 0.403. The smallest absolute Gasteiger partial charge is 0.295 e. The Morgan fingerprint density at radius 1 is 1.14 bits per heavy atom. The molecule has 0 radical (unpaired) electrons. The summed E-state index contributed by atoms with van der Waals surface area (Å²) in [6, 6.07) is 11.8. The maximum Gasteiger partial charge on any atom is 0.295 e. The van der Waals surface area contributed by atoms with E-state index < -0.39 is 17.7 Å². The van der Waals surface area contributed by atoms with E-state index in [9.17, 15) is 14.7 Å². The van der Waals surface area contributed by atoms with Gasteiger partial charge >= 0.3 is 0 Å². The van der Waals surface area contributed by atoms with Crippen LogP contribution in [0.1, 0.15) is 22.7 Å². The van der Waals surface area contributed by atoms with Crippen molar-refractivity contribution in [2.45, 2.75) is 13.0 Å². The molecule has 7 heteroatoms. The lowest BCUT2D eigenvalue weighted by molar-refractivity contribution is -0.140. The average molecular weight is 460 g/mol. The minimum Gasteiger partial charge on any atom is -0.507 e. The van der Waals surface area contributed by atoms with Gasteiger partial charge in [-0.25, -0.2) is 0 Å². The molecule has 2 aromatic rings. The molecule has 1 aliphatic heterocycles. The zero-order valence-electron chi connectivity index (χ0n) is 16.4. The van der Waals surface area contributed by atoms with Gasteiger partial charge < -0.3 is 19.5 Å². The van der Waals surface area contributed by atoms with Crippen LogP contribution in [0.4, 0.5) is 0 Å². The van der Waals surface area contributed by atoms with Crippen LogP contribution in [0.15, 0.2) is 52.5 Å². The van der Waals surface area contributed by atoms with Gasteiger partial charge in [-0.3, -0.25) is 9.59 Å². The highest BCUT2D eigenvalue weighted by Gasteiger charge is 2.45. The Bertz CT molecular complexity index is 968. The number of ketones is 1. The fourth-order valence-electron chi connectivity index (χ4n) is 3.47. The summed E-state index contributed by atoms with van der Waals surface area (Å²) < 4.78 is 11.2. The Morgan fingerprint density at radius 3 is 2.41 bits per heavy atom. The number of aliphatic hydroxyl groups is 1. The molecule has 152 valence electrons. The average Bonchev–Trinajstić information content (AvgIpc) is 2.96. The highest BCUT2D eigenvalue weighted by molar-refractivity contribution is 9.10. The van der Waals surface area contributed by atoms with E-state index in [4.69, 9.17) is 9.47 Å². The first-order valence-corrected chi connectivity index (χ1v) is 9.86. The Hall–Kier alpha value is -2.64. The molecule has 6 nitrogen and oxygen atoms in total. The molecule has 1 N–H and O–H groups in total. The minimum atomic E-state index is -0.707. The Balaban J connectivity index is 2.17. The first-order chi connectivity index (χ1) is 13.9. The van der Waals surface area contributed by atoms with Crippen molar-refractivity contribution in [1.82, 2.24) is 4.90 Å². The summed E-state index contributed by atoms with van der Waals surface area (Å²) in [4.78, 5) is 27.1. The number of rotatable bonds is 6. The second-order valence-corrected chi connectivity index (χ2v) is 7.63. The zero-order chi connectivity index (χ0) is 21.1. The number of likely N-dealkylation sites (tertiary alicyclic amines) is 1. The van der Waals surface area contributed by atoms with Gasteiger partial charge in [-0.05, 0) is 48.4 Å². The number of methoxy groups -OCH3 is 2. The van der Waals surface area contributed by atoms with Crippen LogP contribution >= 0.6 is 15.9 Å². The van der Waals surface area contributed by atoms with Gasteiger partial charge in [0, 0.05) is 23.7 Å². The maximum atomic E-state index is 12.9. The molecule has 0 unspecified atom stereocenters. The molecular formula is C22H22BrNO5. The molecule has 1 atom stereocenters. The number of Topliss-reactive ketones (excluding diaryl/α,β-unsaturated/α-hetero) is 1. The minimum absolute atomic E-state index is 0.0710. The van der Waals surface area contributed by atoms with E-state index in [0.29, 0.717) is 11.3 Å². The summed E-state index contributed by atoms with van der Waals surface area (Å²) in [6.07, 6.45) is 0. The number of amides is 1. The number of halogens is 1. The molecule has 29 heavy (non-hydrogen) atoms. The molecule has 0 spiro atoms. The molecule has 0 saturated carbocycles. The van der Waals surface area contributed by atoms with Crippen molar-refractivity contribution in [3.05, 3.63) is 69.2 Å². The van der Waals surface area contributed by atoms with Crippen molar-refractivity contribution in [3.63, 3.8) is 0 Å². The SMILES string of the molecule is COCCN1C(=O)C(=O)C(=C(O)c2ccc(OC)cc2C)[C@@H]1c1ccc(Br)cc1. The number of carbonyl (C=O) groups is 2. The van der Waals surface area contributed by atoms with Gasteiger partial charge in [0.25, 0.3) is 11.7 Å². The van der Waals surface area contributed by atoms with Crippen molar-refractivity contribution in [2.75, 3.05) is 27.4 Å². The monoisotopic (exact) mass is 459 g/mol. The zero-order valence-corrected chi connectivity index (χ0v) is 18.0. The van der Waals surface area contributed by atoms with Crippen LogP contribution in [-0.4, -0.2) is 49.1 Å². The lowest BCUT2D eigenvalue weighted by atomic mass is 9.94. The van der Waals surface area contributed by atoms with Crippen LogP contribution in [0.5, 0.6) is 5.75 Å². The van der Waals surface area contributed by atoms with E-state index in [2.05, 4.69) is 15.9 Å². The fourth-order valence-corrected chi connectivity index (χ4v) is 3.73. The van der Waals surface area contributed by atoms with E-state index in [1.165, 1.54) is 12.0 Å². The Labute approximate surface area is 177 Å². The summed E-state index contributed by atoms with van der Waals surface area (Å²) in [7, 11) is 3.09. The third-order valence-corrected chi connectivity index (χ3v) is 5.48. The molecule has 3 rings (SSSR count). The topological polar surface area (TPSA) is 76.1 Å². The molecule has 1 fully saturated rings. The summed E-state index contributed by atoms with van der Waals surface area (Å²) >= 11 is 3.40. The highest BCUT2D eigenvalue weighted by Crippen LogP contribution is 2.40. The summed E-state index contributed by atoms with van der Waals surface area (Å²) in [5, 5.41) is 11.1. The third kappa shape index (κ3) is 4.06. The molecule has 0 aromatic heterocycles. The fraction of sp³-hybridized carbons (Fsp3) is 0.273. The maximum absolute atomic E-state index is 12.9. The van der Waals surface area contributed by atoms with Crippen LogP contribution in [0, 0.1) is 6.92 Å². The lowest BCUT2D eigenvalue weighted by Crippen LogP contribution is -2.32. The van der Waals surface area contributed by atoms with Gasteiger partial charge in [0.1, 0.15) is 11.5 Å². The van der Waals surface area contributed by atoms with Crippen LogP contribution in [0.3, 0.4) is 0 Å². The number of hydrogen-bond acceptors (Lipinski definition) is 5. The summed E-state index contributed by atoms with van der Waals surface area (Å²) in [6.45, 7) is 2.33. The first kappa shape index (κ1) is 21.1. The van der Waals surface area contributed by atoms with Gasteiger partial charge in [-0.15, -0.1) is 0 Å². The predicted molar refractivity (Wildman–Crippen MR) is 113 cm³/mol. The molecule has 0 aliphatic carbocycles. The van der Waals surface area contributed by atoms with Crippen molar-refractivity contribution in [2.24, 2.45) is 0 Å². The van der Waals surface area contributed by atoms with Crippen LogP contribution in [0.25, 0.3) is 5.76 Å². The lowest BCUT2D eigenvalue weighted by Gasteiger charge is -2.25. The van der Waals surface area contributed by atoms with Gasteiger partial charge in [0.05, 0.1) is 25.3 Å². The van der Waals surface area contributed by atoms with Crippen molar-refractivity contribution >= 4 is 33.4 Å². The molecule has 1 amide bonds. The second-order valence-electron chi connectivity index (χ2n) is 6.72. The van der Waals surface area contributed by atoms with Crippen molar-refractivity contribution < 1.29 is 24.2 Å². The van der Waals surface area contributed by atoms with Crippen molar-refractivity contribution in [3.8, 4) is 5.75 Å². The molecule has 1 heterocycles. The van der Waals surface area contributed by atoms with Crippen molar-refractivity contribution in [1.29, 1.82) is 0 Å². The van der Waals surface area contributed by atoms with Crippen LogP contribution < -0.4 is 4.74 Å².